The lowest BCUT2D eigenvalue weighted by Crippen LogP contribution is -2.38. The van der Waals surface area contributed by atoms with Crippen LogP contribution in [-0.4, -0.2) is 12.6 Å². The summed E-state index contributed by atoms with van der Waals surface area (Å²) in [6.07, 6.45) is 2.94. The first-order valence-corrected chi connectivity index (χ1v) is 6.02. The van der Waals surface area contributed by atoms with Gasteiger partial charge in [-0.2, -0.15) is 0 Å². The van der Waals surface area contributed by atoms with Crippen LogP contribution in [0.25, 0.3) is 0 Å². The molecule has 0 aromatic heterocycles. The summed E-state index contributed by atoms with van der Waals surface area (Å²) < 4.78 is 5.02. The second kappa shape index (κ2) is 8.58. The number of amides is 1. The zero-order valence-electron chi connectivity index (χ0n) is 10.2. The Kier molecular flexibility index (Phi) is 6.82. The third-order valence-corrected chi connectivity index (χ3v) is 2.31. The van der Waals surface area contributed by atoms with Crippen LogP contribution < -0.4 is 10.9 Å². The summed E-state index contributed by atoms with van der Waals surface area (Å²) in [5.74, 6) is 0. The molecule has 0 heterocycles. The summed E-state index contributed by atoms with van der Waals surface area (Å²) in [6.45, 7) is 3.21. The lowest BCUT2D eigenvalue weighted by atomic mass is 10.2. The maximum Gasteiger partial charge on any atom is 0.421 e. The molecule has 4 nitrogen and oxygen atoms in total. The molecule has 4 heteroatoms. The first kappa shape index (κ1) is 13.5. The molecule has 0 bridgehead atoms. The van der Waals surface area contributed by atoms with Gasteiger partial charge in [0.2, 0.25) is 0 Å². The molecule has 1 rings (SSSR count). The van der Waals surface area contributed by atoms with Gasteiger partial charge in [-0.05, 0) is 12.0 Å². The number of hydrogen-bond donors (Lipinski definition) is 2. The summed E-state index contributed by atoms with van der Waals surface area (Å²) in [4.78, 5) is 11.3. The van der Waals surface area contributed by atoms with Crippen molar-refractivity contribution in [2.24, 2.45) is 0 Å². The first-order chi connectivity index (χ1) is 8.33. The lowest BCUT2D eigenvalue weighted by molar-refractivity contribution is 0.135. The van der Waals surface area contributed by atoms with Gasteiger partial charge in [-0.3, -0.25) is 5.43 Å². The second-order valence-corrected chi connectivity index (χ2v) is 3.82. The van der Waals surface area contributed by atoms with Gasteiger partial charge in [0.05, 0.1) is 0 Å². The number of nitrogens with one attached hydrogen (secondary N) is 2. The zero-order valence-corrected chi connectivity index (χ0v) is 10.2. The zero-order chi connectivity index (χ0) is 12.3. The van der Waals surface area contributed by atoms with Crippen LogP contribution in [0.3, 0.4) is 0 Å². The summed E-state index contributed by atoms with van der Waals surface area (Å²) in [5, 5.41) is 0. The average molecular weight is 236 g/mol. The molecule has 0 aliphatic rings. The van der Waals surface area contributed by atoms with Crippen molar-refractivity contribution >= 4 is 6.09 Å². The van der Waals surface area contributed by atoms with E-state index in [-0.39, 0.29) is 0 Å². The third kappa shape index (κ3) is 6.58. The van der Waals surface area contributed by atoms with Gasteiger partial charge in [-0.25, -0.2) is 10.2 Å². The molecule has 1 aromatic rings. The molecule has 17 heavy (non-hydrogen) atoms. The minimum Gasteiger partial charge on any atom is -0.444 e. The standard InChI is InChI=1S/C13H20N2O2/c1-2-3-7-10-14-15-13(16)17-11-12-8-5-4-6-9-12/h4-6,8-9,14H,2-3,7,10-11H2,1H3,(H,15,16). The van der Waals surface area contributed by atoms with E-state index in [0.29, 0.717) is 6.61 Å². The van der Waals surface area contributed by atoms with Gasteiger partial charge in [-0.15, -0.1) is 0 Å². The highest BCUT2D eigenvalue weighted by Crippen LogP contribution is 2.00. The molecular weight excluding hydrogens is 216 g/mol. The Labute approximate surface area is 102 Å². The molecule has 1 amide bonds. The molecule has 0 unspecified atom stereocenters. The van der Waals surface area contributed by atoms with E-state index in [0.717, 1.165) is 24.9 Å². The van der Waals surface area contributed by atoms with Crippen LogP contribution in [0.5, 0.6) is 0 Å². The van der Waals surface area contributed by atoms with Crippen LogP contribution in [0.1, 0.15) is 31.7 Å². The largest absolute Gasteiger partial charge is 0.444 e. The van der Waals surface area contributed by atoms with Crippen LogP contribution >= 0.6 is 0 Å². The van der Waals surface area contributed by atoms with E-state index >= 15 is 0 Å². The van der Waals surface area contributed by atoms with Crippen molar-refractivity contribution in [1.29, 1.82) is 0 Å². The van der Waals surface area contributed by atoms with Gasteiger partial charge < -0.3 is 4.74 Å². The quantitative estimate of drug-likeness (QED) is 0.565. The number of carbonyl (C=O) groups is 1. The van der Waals surface area contributed by atoms with Crippen LogP contribution in [0.4, 0.5) is 4.79 Å². The van der Waals surface area contributed by atoms with Crippen molar-refractivity contribution in [1.82, 2.24) is 10.9 Å². The molecule has 94 valence electrons. The molecule has 0 spiro atoms. The Morgan fingerprint density at radius 2 is 2.00 bits per heavy atom. The van der Waals surface area contributed by atoms with E-state index in [9.17, 15) is 4.79 Å². The molecule has 0 atom stereocenters. The van der Waals surface area contributed by atoms with Crippen molar-refractivity contribution in [3.05, 3.63) is 35.9 Å². The fourth-order valence-electron chi connectivity index (χ4n) is 1.36. The predicted molar refractivity (Wildman–Crippen MR) is 67.3 cm³/mol. The highest BCUT2D eigenvalue weighted by Gasteiger charge is 2.00. The number of benzene rings is 1. The molecule has 2 N–H and O–H groups in total. The normalized spacial score (nSPS) is 9.94. The summed E-state index contributed by atoms with van der Waals surface area (Å²) in [6, 6.07) is 9.60. The molecule has 0 fully saturated rings. The SMILES string of the molecule is CCCCCNNC(=O)OCc1ccccc1. The minimum absolute atomic E-state index is 0.295. The fraction of sp³-hybridized carbons (Fsp3) is 0.462. The van der Waals surface area contributed by atoms with Gasteiger partial charge >= 0.3 is 6.09 Å². The van der Waals surface area contributed by atoms with E-state index < -0.39 is 6.09 Å². The molecule has 0 radical (unpaired) electrons. The summed E-state index contributed by atoms with van der Waals surface area (Å²) >= 11 is 0. The van der Waals surface area contributed by atoms with E-state index in [4.69, 9.17) is 4.74 Å². The highest BCUT2D eigenvalue weighted by molar-refractivity contribution is 5.66. The monoisotopic (exact) mass is 236 g/mol. The van der Waals surface area contributed by atoms with Crippen molar-refractivity contribution in [2.45, 2.75) is 32.8 Å². The number of rotatable bonds is 7. The van der Waals surface area contributed by atoms with Crippen molar-refractivity contribution in [2.75, 3.05) is 6.54 Å². The molecule has 1 aromatic carbocycles. The fourth-order valence-corrected chi connectivity index (χ4v) is 1.36. The molecule has 0 saturated heterocycles. The highest BCUT2D eigenvalue weighted by atomic mass is 16.6. The maximum absolute atomic E-state index is 11.3. The molecule has 0 aliphatic carbocycles. The summed E-state index contributed by atoms with van der Waals surface area (Å²) in [5.41, 5.74) is 6.31. The lowest BCUT2D eigenvalue weighted by Gasteiger charge is -2.07. The number of carbonyl (C=O) groups excluding carboxylic acids is 1. The third-order valence-electron chi connectivity index (χ3n) is 2.31. The Hall–Kier alpha value is -1.55. The van der Waals surface area contributed by atoms with E-state index in [2.05, 4.69) is 17.8 Å². The van der Waals surface area contributed by atoms with E-state index in [1.165, 1.54) is 6.42 Å². The van der Waals surface area contributed by atoms with E-state index in [1.807, 2.05) is 30.3 Å². The van der Waals surface area contributed by atoms with Gasteiger partial charge in [0.15, 0.2) is 0 Å². The Morgan fingerprint density at radius 1 is 1.24 bits per heavy atom. The van der Waals surface area contributed by atoms with Crippen molar-refractivity contribution in [3.63, 3.8) is 0 Å². The average Bonchev–Trinajstić information content (AvgIpc) is 2.37. The van der Waals surface area contributed by atoms with Gasteiger partial charge in [0.25, 0.3) is 0 Å². The number of hydrogen-bond acceptors (Lipinski definition) is 3. The number of ether oxygens (including phenoxy) is 1. The van der Waals surface area contributed by atoms with Gasteiger partial charge in [-0.1, -0.05) is 50.1 Å². The smallest absolute Gasteiger partial charge is 0.421 e. The maximum atomic E-state index is 11.3. The molecular formula is C13H20N2O2. The van der Waals surface area contributed by atoms with Crippen molar-refractivity contribution < 1.29 is 9.53 Å². The molecule has 0 aliphatic heterocycles. The first-order valence-electron chi connectivity index (χ1n) is 6.02. The van der Waals surface area contributed by atoms with Gasteiger partial charge in [0, 0.05) is 6.54 Å². The Bertz CT molecular complexity index is 314. The van der Waals surface area contributed by atoms with Gasteiger partial charge in [0.1, 0.15) is 6.61 Å². The second-order valence-electron chi connectivity index (χ2n) is 3.82. The predicted octanol–water partition coefficient (Wildman–Crippen LogP) is 2.61. The Balaban J connectivity index is 2.05. The summed E-state index contributed by atoms with van der Waals surface area (Å²) in [7, 11) is 0. The van der Waals surface area contributed by atoms with E-state index in [1.54, 1.807) is 0 Å². The topological polar surface area (TPSA) is 50.4 Å². The van der Waals surface area contributed by atoms with Crippen LogP contribution in [0.15, 0.2) is 30.3 Å². The minimum atomic E-state index is -0.439. The molecule has 0 saturated carbocycles. The number of unbranched alkanes of at least 4 members (excludes halogenated alkanes) is 2. The van der Waals surface area contributed by atoms with Crippen LogP contribution in [0, 0.1) is 0 Å². The van der Waals surface area contributed by atoms with Crippen LogP contribution in [-0.2, 0) is 11.3 Å². The number of hydrazine groups is 1. The Morgan fingerprint density at radius 3 is 2.71 bits per heavy atom. The van der Waals surface area contributed by atoms with Crippen LogP contribution in [0.2, 0.25) is 0 Å². The van der Waals surface area contributed by atoms with Crippen molar-refractivity contribution in [3.8, 4) is 0 Å².